The second kappa shape index (κ2) is 5.32. The van der Waals surface area contributed by atoms with Gasteiger partial charge in [0.2, 0.25) is 0 Å². The lowest BCUT2D eigenvalue weighted by molar-refractivity contribution is 0.0880. The molecule has 0 unspecified atom stereocenters. The Kier molecular flexibility index (Phi) is 3.79. The average Bonchev–Trinajstić information content (AvgIpc) is 2.86. The van der Waals surface area contributed by atoms with E-state index in [2.05, 4.69) is 5.32 Å². The van der Waals surface area contributed by atoms with Crippen molar-refractivity contribution in [3.8, 4) is 0 Å². The van der Waals surface area contributed by atoms with Crippen LogP contribution in [0.15, 0.2) is 30.3 Å². The summed E-state index contributed by atoms with van der Waals surface area (Å²) in [5.74, 6) is -0.0506. The van der Waals surface area contributed by atoms with Crippen molar-refractivity contribution in [1.29, 1.82) is 0 Å². The van der Waals surface area contributed by atoms with Crippen LogP contribution in [0.2, 0.25) is 0 Å². The van der Waals surface area contributed by atoms with Crippen molar-refractivity contribution >= 4 is 5.91 Å². The number of rotatable bonds is 4. The van der Waals surface area contributed by atoms with Crippen LogP contribution in [-0.4, -0.2) is 24.2 Å². The molecule has 1 aliphatic carbocycles. The van der Waals surface area contributed by atoms with Crippen LogP contribution in [0.3, 0.4) is 0 Å². The molecule has 1 saturated carbocycles. The number of carbonyl (C=O) groups is 1. The fourth-order valence-electron chi connectivity index (χ4n) is 2.48. The van der Waals surface area contributed by atoms with E-state index in [9.17, 15) is 9.90 Å². The van der Waals surface area contributed by atoms with E-state index in [0.717, 1.165) is 25.7 Å². The van der Waals surface area contributed by atoms with Gasteiger partial charge in [0.1, 0.15) is 0 Å². The maximum atomic E-state index is 11.9. The zero-order valence-corrected chi connectivity index (χ0v) is 9.98. The molecule has 3 heteroatoms. The quantitative estimate of drug-likeness (QED) is 0.835. The second-order valence-corrected chi connectivity index (χ2v) is 4.91. The summed E-state index contributed by atoms with van der Waals surface area (Å²) in [5.41, 5.74) is 0.600. The Bertz CT molecular complexity index is 369. The van der Waals surface area contributed by atoms with Crippen LogP contribution in [-0.2, 0) is 0 Å². The van der Waals surface area contributed by atoms with Crippen molar-refractivity contribution in [1.82, 2.24) is 5.32 Å². The van der Waals surface area contributed by atoms with Gasteiger partial charge in [0, 0.05) is 17.5 Å². The fourth-order valence-corrected chi connectivity index (χ4v) is 2.48. The molecule has 0 bridgehead atoms. The van der Waals surface area contributed by atoms with Gasteiger partial charge in [-0.05, 0) is 25.0 Å². The topological polar surface area (TPSA) is 49.3 Å². The normalized spacial score (nSPS) is 17.9. The number of hydrogen-bond donors (Lipinski definition) is 2. The minimum atomic E-state index is -0.0789. The molecule has 2 rings (SSSR count). The lowest BCUT2D eigenvalue weighted by atomic mass is 9.87. The lowest BCUT2D eigenvalue weighted by Gasteiger charge is -2.26. The molecule has 1 amide bonds. The minimum Gasteiger partial charge on any atom is -0.396 e. The van der Waals surface area contributed by atoms with Crippen molar-refractivity contribution in [2.75, 3.05) is 13.2 Å². The van der Waals surface area contributed by atoms with Crippen LogP contribution in [0.1, 0.15) is 36.0 Å². The molecule has 1 aliphatic rings. The Hall–Kier alpha value is -1.35. The second-order valence-electron chi connectivity index (χ2n) is 4.91. The van der Waals surface area contributed by atoms with Gasteiger partial charge in [-0.25, -0.2) is 0 Å². The van der Waals surface area contributed by atoms with Crippen LogP contribution in [0.5, 0.6) is 0 Å². The SMILES string of the molecule is O=C(NCC1(CO)CCCC1)c1ccccc1. The molecule has 17 heavy (non-hydrogen) atoms. The van der Waals surface area contributed by atoms with Gasteiger partial charge in [0.25, 0.3) is 5.91 Å². The van der Waals surface area contributed by atoms with E-state index in [4.69, 9.17) is 0 Å². The molecular weight excluding hydrogens is 214 g/mol. The molecule has 0 aromatic heterocycles. The molecule has 0 aliphatic heterocycles. The molecule has 1 aromatic carbocycles. The highest BCUT2D eigenvalue weighted by atomic mass is 16.3. The number of benzene rings is 1. The third kappa shape index (κ3) is 2.86. The number of aliphatic hydroxyl groups is 1. The summed E-state index contributed by atoms with van der Waals surface area (Å²) in [6, 6.07) is 9.20. The van der Waals surface area contributed by atoms with Crippen molar-refractivity contribution < 1.29 is 9.90 Å². The minimum absolute atomic E-state index is 0.0506. The van der Waals surface area contributed by atoms with Gasteiger partial charge in [0.05, 0.1) is 6.61 Å². The third-order valence-electron chi connectivity index (χ3n) is 3.66. The molecule has 92 valence electrons. The molecule has 1 fully saturated rings. The maximum Gasteiger partial charge on any atom is 0.251 e. The standard InChI is InChI=1S/C14H19NO2/c16-11-14(8-4-5-9-14)10-15-13(17)12-6-2-1-3-7-12/h1-3,6-7,16H,4-5,8-11H2,(H,15,17). The monoisotopic (exact) mass is 233 g/mol. The van der Waals surface area contributed by atoms with Crippen molar-refractivity contribution in [2.24, 2.45) is 5.41 Å². The van der Waals surface area contributed by atoms with Gasteiger partial charge < -0.3 is 10.4 Å². The van der Waals surface area contributed by atoms with E-state index in [-0.39, 0.29) is 17.9 Å². The van der Waals surface area contributed by atoms with Crippen LogP contribution >= 0.6 is 0 Å². The van der Waals surface area contributed by atoms with E-state index in [1.54, 1.807) is 12.1 Å². The summed E-state index contributed by atoms with van der Waals surface area (Å²) < 4.78 is 0. The largest absolute Gasteiger partial charge is 0.396 e. The molecule has 1 aromatic rings. The van der Waals surface area contributed by atoms with E-state index in [1.165, 1.54) is 0 Å². The number of aliphatic hydroxyl groups excluding tert-OH is 1. The number of amides is 1. The first-order valence-electron chi connectivity index (χ1n) is 6.20. The van der Waals surface area contributed by atoms with E-state index in [1.807, 2.05) is 18.2 Å². The highest BCUT2D eigenvalue weighted by Crippen LogP contribution is 2.36. The molecule has 0 saturated heterocycles. The molecule has 0 radical (unpaired) electrons. The van der Waals surface area contributed by atoms with Gasteiger partial charge in [-0.15, -0.1) is 0 Å². The number of nitrogens with one attached hydrogen (secondary N) is 1. The van der Waals surface area contributed by atoms with E-state index < -0.39 is 0 Å². The summed E-state index contributed by atoms with van der Waals surface area (Å²) in [6.45, 7) is 0.749. The predicted octanol–water partition coefficient (Wildman–Crippen LogP) is 1.97. The number of hydrogen-bond acceptors (Lipinski definition) is 2. The first-order valence-corrected chi connectivity index (χ1v) is 6.20. The zero-order chi connectivity index (χ0) is 12.1. The van der Waals surface area contributed by atoms with Gasteiger partial charge in [-0.1, -0.05) is 31.0 Å². The lowest BCUT2D eigenvalue weighted by Crippen LogP contribution is -2.38. The average molecular weight is 233 g/mol. The smallest absolute Gasteiger partial charge is 0.251 e. The van der Waals surface area contributed by atoms with Crippen LogP contribution in [0.4, 0.5) is 0 Å². The summed E-state index contributed by atoms with van der Waals surface area (Å²) in [6.07, 6.45) is 4.33. The van der Waals surface area contributed by atoms with Gasteiger partial charge in [-0.2, -0.15) is 0 Å². The first-order chi connectivity index (χ1) is 8.26. The molecule has 0 spiro atoms. The summed E-state index contributed by atoms with van der Waals surface area (Å²) in [4.78, 5) is 11.9. The summed E-state index contributed by atoms with van der Waals surface area (Å²) >= 11 is 0. The van der Waals surface area contributed by atoms with Crippen LogP contribution < -0.4 is 5.32 Å². The molecule has 3 nitrogen and oxygen atoms in total. The molecular formula is C14H19NO2. The summed E-state index contributed by atoms with van der Waals surface area (Å²) in [5, 5.41) is 12.4. The highest BCUT2D eigenvalue weighted by molar-refractivity contribution is 5.94. The third-order valence-corrected chi connectivity index (χ3v) is 3.66. The molecule has 2 N–H and O–H groups in total. The van der Waals surface area contributed by atoms with Crippen molar-refractivity contribution in [2.45, 2.75) is 25.7 Å². The van der Waals surface area contributed by atoms with Crippen molar-refractivity contribution in [3.05, 3.63) is 35.9 Å². The zero-order valence-electron chi connectivity index (χ0n) is 9.98. The van der Waals surface area contributed by atoms with Crippen LogP contribution in [0.25, 0.3) is 0 Å². The highest BCUT2D eigenvalue weighted by Gasteiger charge is 2.33. The molecule has 0 atom stereocenters. The molecule has 0 heterocycles. The fraction of sp³-hybridized carbons (Fsp3) is 0.500. The number of carbonyl (C=O) groups excluding carboxylic acids is 1. The predicted molar refractivity (Wildman–Crippen MR) is 66.8 cm³/mol. The van der Waals surface area contributed by atoms with Crippen molar-refractivity contribution in [3.63, 3.8) is 0 Å². The van der Waals surface area contributed by atoms with Crippen LogP contribution in [0, 0.1) is 5.41 Å². The Balaban J connectivity index is 1.92. The van der Waals surface area contributed by atoms with E-state index >= 15 is 0 Å². The van der Waals surface area contributed by atoms with Gasteiger partial charge in [-0.3, -0.25) is 4.79 Å². The maximum absolute atomic E-state index is 11.9. The Morgan fingerprint density at radius 3 is 2.47 bits per heavy atom. The van der Waals surface area contributed by atoms with E-state index in [0.29, 0.717) is 12.1 Å². The first kappa shape index (κ1) is 12.1. The Labute approximate surface area is 102 Å². The van der Waals surface area contributed by atoms with Gasteiger partial charge >= 0.3 is 0 Å². The van der Waals surface area contributed by atoms with Gasteiger partial charge in [0.15, 0.2) is 0 Å². The Morgan fingerprint density at radius 1 is 1.24 bits per heavy atom. The summed E-state index contributed by atoms with van der Waals surface area (Å²) in [7, 11) is 0. The Morgan fingerprint density at radius 2 is 1.88 bits per heavy atom.